The summed E-state index contributed by atoms with van der Waals surface area (Å²) >= 11 is 6.14. The van der Waals surface area contributed by atoms with Crippen LogP contribution in [0.4, 0.5) is 5.69 Å². The van der Waals surface area contributed by atoms with Crippen molar-refractivity contribution in [1.82, 2.24) is 4.90 Å². The van der Waals surface area contributed by atoms with Crippen LogP contribution in [0.5, 0.6) is 0 Å². The van der Waals surface area contributed by atoms with E-state index in [4.69, 9.17) is 11.6 Å². The average molecular weight is 382 g/mol. The van der Waals surface area contributed by atoms with E-state index >= 15 is 0 Å². The van der Waals surface area contributed by atoms with Crippen LogP contribution in [0.25, 0.3) is 11.7 Å². The second kappa shape index (κ2) is 7.36. The summed E-state index contributed by atoms with van der Waals surface area (Å²) in [5, 5.41) is 29.5. The summed E-state index contributed by atoms with van der Waals surface area (Å²) in [4.78, 5) is 4.16. The maximum absolute atomic E-state index is 12.8. The van der Waals surface area contributed by atoms with Gasteiger partial charge in [0.05, 0.1) is 0 Å². The van der Waals surface area contributed by atoms with Crippen LogP contribution in [-0.2, 0) is 0 Å². The highest BCUT2D eigenvalue weighted by molar-refractivity contribution is 6.30. The molecule has 27 heavy (non-hydrogen) atoms. The summed E-state index contributed by atoms with van der Waals surface area (Å²) in [7, 11) is 0. The molecular weight excluding hydrogens is 364 g/mol. The predicted octanol–water partition coefficient (Wildman–Crippen LogP) is 1.80. The van der Waals surface area contributed by atoms with Gasteiger partial charge in [0.25, 0.3) is 0 Å². The zero-order valence-electron chi connectivity index (χ0n) is 14.8. The molecular formula is C19H18ClN6O-. The lowest BCUT2D eigenvalue weighted by Crippen LogP contribution is -2.49. The highest BCUT2D eigenvalue weighted by Crippen LogP contribution is 2.25. The highest BCUT2D eigenvalue weighted by Gasteiger charge is 2.17. The number of anilines is 1. The molecule has 0 amide bonds. The van der Waals surface area contributed by atoms with Crippen molar-refractivity contribution >= 4 is 29.0 Å². The summed E-state index contributed by atoms with van der Waals surface area (Å²) in [5.41, 5.74) is 2.32. The van der Waals surface area contributed by atoms with Crippen molar-refractivity contribution in [2.24, 2.45) is 20.7 Å². The van der Waals surface area contributed by atoms with E-state index in [1.165, 1.54) is 5.56 Å². The molecule has 138 valence electrons. The molecule has 2 aliphatic rings. The molecule has 2 aromatic carbocycles. The lowest BCUT2D eigenvalue weighted by molar-refractivity contribution is -0.272. The van der Waals surface area contributed by atoms with Gasteiger partial charge >= 0.3 is 0 Å². The van der Waals surface area contributed by atoms with E-state index in [1.54, 1.807) is 12.1 Å². The number of halogens is 1. The molecule has 2 heterocycles. The molecule has 0 aliphatic carbocycles. The normalized spacial score (nSPS) is 16.3. The standard InChI is InChI=1S/C19H19ClN6O/c1-13-2-7-16(20)12-17(13)25-8-10-26(11-9-25)19(27)15-5-3-14(4-6-15)18-21-23-24-22-18/h2-7,12,27H,8-11H2,1H3/p-1. The van der Waals surface area contributed by atoms with Crippen molar-refractivity contribution < 1.29 is 5.11 Å². The first-order valence-electron chi connectivity index (χ1n) is 8.71. The first-order chi connectivity index (χ1) is 13.1. The quantitative estimate of drug-likeness (QED) is 0.795. The SMILES string of the molecule is Cc1ccc(Cl)cc1N1CCN(C([O-])=c2ccc(=C3N=NN=N3)cc2)CC1. The van der Waals surface area contributed by atoms with Gasteiger partial charge in [-0.15, -0.1) is 10.2 Å². The monoisotopic (exact) mass is 381 g/mol. The summed E-state index contributed by atoms with van der Waals surface area (Å²) in [6.45, 7) is 4.98. The number of hydrogen-bond acceptors (Lipinski definition) is 7. The van der Waals surface area contributed by atoms with Crippen molar-refractivity contribution in [3.8, 4) is 0 Å². The van der Waals surface area contributed by atoms with Crippen LogP contribution < -0.4 is 20.4 Å². The highest BCUT2D eigenvalue weighted by atomic mass is 35.5. The number of aryl methyl sites for hydroxylation is 1. The Hall–Kier alpha value is -2.93. The number of hydrogen-bond donors (Lipinski definition) is 0. The summed E-state index contributed by atoms with van der Waals surface area (Å²) < 4.78 is 0. The third-order valence-corrected chi connectivity index (χ3v) is 5.02. The average Bonchev–Trinajstić information content (AvgIpc) is 3.24. The molecule has 0 aromatic heterocycles. The Morgan fingerprint density at radius 3 is 2.30 bits per heavy atom. The lowest BCUT2D eigenvalue weighted by atomic mass is 10.1. The fourth-order valence-electron chi connectivity index (χ4n) is 3.28. The minimum Gasteiger partial charge on any atom is -0.860 e. The molecule has 4 rings (SSSR count). The predicted molar refractivity (Wildman–Crippen MR) is 102 cm³/mol. The van der Waals surface area contributed by atoms with Crippen LogP contribution in [0, 0.1) is 6.92 Å². The van der Waals surface area contributed by atoms with Crippen LogP contribution in [0.1, 0.15) is 5.56 Å². The molecule has 2 aromatic rings. The van der Waals surface area contributed by atoms with E-state index in [1.807, 2.05) is 35.2 Å². The largest absolute Gasteiger partial charge is 0.860 e. The van der Waals surface area contributed by atoms with Crippen LogP contribution in [0.2, 0.25) is 5.02 Å². The third-order valence-electron chi connectivity index (χ3n) is 4.79. The summed E-state index contributed by atoms with van der Waals surface area (Å²) in [6.07, 6.45) is 0. The number of nitrogens with zero attached hydrogens (tertiary/aromatic N) is 6. The maximum Gasteiger partial charge on any atom is 0.207 e. The minimum atomic E-state index is 0.0312. The Kier molecular flexibility index (Phi) is 4.77. The fourth-order valence-corrected chi connectivity index (χ4v) is 3.44. The van der Waals surface area contributed by atoms with Gasteiger partial charge in [-0.25, -0.2) is 0 Å². The van der Waals surface area contributed by atoms with Gasteiger partial charge in [-0.2, -0.15) is 0 Å². The molecule has 1 saturated heterocycles. The molecule has 0 atom stereocenters. The Bertz CT molecular complexity index is 1000. The van der Waals surface area contributed by atoms with Gasteiger partial charge < -0.3 is 14.9 Å². The molecule has 1 fully saturated rings. The van der Waals surface area contributed by atoms with E-state index in [0.717, 1.165) is 29.0 Å². The van der Waals surface area contributed by atoms with Crippen LogP contribution >= 0.6 is 11.6 Å². The van der Waals surface area contributed by atoms with Crippen LogP contribution in [0.15, 0.2) is 63.1 Å². The van der Waals surface area contributed by atoms with E-state index in [2.05, 4.69) is 32.5 Å². The lowest BCUT2D eigenvalue weighted by Gasteiger charge is -2.41. The van der Waals surface area contributed by atoms with E-state index < -0.39 is 0 Å². The molecule has 0 radical (unpaired) electrons. The Balaban J connectivity index is 1.51. The number of piperazine rings is 1. The Labute approximate surface area is 161 Å². The van der Waals surface area contributed by atoms with Gasteiger partial charge in [-0.1, -0.05) is 41.9 Å². The Morgan fingerprint density at radius 1 is 0.963 bits per heavy atom. The third kappa shape index (κ3) is 3.64. The minimum absolute atomic E-state index is 0.0312. The van der Waals surface area contributed by atoms with Gasteiger partial charge in [0.2, 0.25) is 5.82 Å². The van der Waals surface area contributed by atoms with Crippen molar-refractivity contribution in [2.45, 2.75) is 6.92 Å². The van der Waals surface area contributed by atoms with Gasteiger partial charge in [0.15, 0.2) is 0 Å². The second-order valence-corrected chi connectivity index (χ2v) is 6.93. The smallest absolute Gasteiger partial charge is 0.207 e. The molecule has 2 aliphatic heterocycles. The number of benzene rings is 2. The topological polar surface area (TPSA) is 79.0 Å². The maximum atomic E-state index is 12.8. The second-order valence-electron chi connectivity index (χ2n) is 6.49. The summed E-state index contributed by atoms with van der Waals surface area (Å²) in [6, 6.07) is 13.1. The molecule has 0 unspecified atom stereocenters. The van der Waals surface area contributed by atoms with Crippen molar-refractivity contribution in [3.05, 3.63) is 63.5 Å². The Morgan fingerprint density at radius 2 is 1.63 bits per heavy atom. The number of rotatable bonds is 2. The van der Waals surface area contributed by atoms with Gasteiger partial charge in [0.1, 0.15) is 0 Å². The van der Waals surface area contributed by atoms with Gasteiger partial charge in [-0.05, 0) is 46.2 Å². The molecule has 0 spiro atoms. The zero-order valence-corrected chi connectivity index (χ0v) is 15.6. The molecule has 0 N–H and O–H groups in total. The zero-order chi connectivity index (χ0) is 18.8. The van der Waals surface area contributed by atoms with Crippen molar-refractivity contribution in [3.63, 3.8) is 0 Å². The van der Waals surface area contributed by atoms with Crippen LogP contribution in [-0.4, -0.2) is 31.1 Å². The van der Waals surface area contributed by atoms with E-state index in [-0.39, 0.29) is 5.88 Å². The summed E-state index contributed by atoms with van der Waals surface area (Å²) in [5.74, 6) is 0.489. The van der Waals surface area contributed by atoms with Gasteiger partial charge in [-0.3, -0.25) is 0 Å². The first kappa shape index (κ1) is 17.5. The van der Waals surface area contributed by atoms with Crippen molar-refractivity contribution in [2.75, 3.05) is 31.1 Å². The first-order valence-corrected chi connectivity index (χ1v) is 9.09. The van der Waals surface area contributed by atoms with Crippen molar-refractivity contribution in [1.29, 1.82) is 0 Å². The van der Waals surface area contributed by atoms with E-state index in [0.29, 0.717) is 24.1 Å². The molecule has 8 heteroatoms. The molecule has 7 nitrogen and oxygen atoms in total. The molecule has 0 bridgehead atoms. The van der Waals surface area contributed by atoms with E-state index in [9.17, 15) is 5.11 Å². The van der Waals surface area contributed by atoms with Crippen LogP contribution in [0.3, 0.4) is 0 Å². The molecule has 0 saturated carbocycles. The van der Waals surface area contributed by atoms with Gasteiger partial charge in [0, 0.05) is 42.1 Å². The fraction of sp³-hybridized carbons (Fsp3) is 0.263.